The van der Waals surface area contributed by atoms with E-state index >= 15 is 0 Å². The Balaban J connectivity index is 2.24. The average molecular weight is 263 g/mol. The van der Waals surface area contributed by atoms with Crippen LogP contribution in [-0.2, 0) is 6.42 Å². The Morgan fingerprint density at radius 3 is 2.68 bits per heavy atom. The van der Waals surface area contributed by atoms with Crippen molar-refractivity contribution in [2.24, 2.45) is 5.73 Å². The van der Waals surface area contributed by atoms with Gasteiger partial charge >= 0.3 is 0 Å². The van der Waals surface area contributed by atoms with Crippen molar-refractivity contribution in [3.05, 3.63) is 47.9 Å². The molecular weight excluding hydrogens is 248 g/mol. The molecule has 0 saturated carbocycles. The van der Waals surface area contributed by atoms with Gasteiger partial charge in [0, 0.05) is 24.2 Å². The summed E-state index contributed by atoms with van der Waals surface area (Å²) in [7, 11) is 0. The molecule has 0 bridgehead atoms. The molecular formula is C14H15F2N3. The van der Waals surface area contributed by atoms with Crippen LogP contribution in [0.3, 0.4) is 0 Å². The first-order chi connectivity index (χ1) is 9.06. The van der Waals surface area contributed by atoms with Gasteiger partial charge in [-0.2, -0.15) is 0 Å². The van der Waals surface area contributed by atoms with Gasteiger partial charge in [0.1, 0.15) is 5.82 Å². The van der Waals surface area contributed by atoms with E-state index in [1.54, 1.807) is 12.3 Å². The minimum absolute atomic E-state index is 0.0792. The molecule has 0 aliphatic heterocycles. The lowest BCUT2D eigenvalue weighted by atomic mass is 10.1. The van der Waals surface area contributed by atoms with E-state index in [2.05, 4.69) is 9.97 Å². The van der Waals surface area contributed by atoms with E-state index in [0.29, 0.717) is 23.5 Å². The summed E-state index contributed by atoms with van der Waals surface area (Å²) in [6.07, 6.45) is 3.05. The molecule has 0 aliphatic carbocycles. The molecule has 2 rings (SSSR count). The summed E-state index contributed by atoms with van der Waals surface area (Å²) in [6.45, 7) is 1.92. The molecule has 0 radical (unpaired) electrons. The number of nitrogens with two attached hydrogens (primary N) is 1. The fraction of sp³-hybridized carbons (Fsp3) is 0.286. The maximum absolute atomic E-state index is 13.2. The van der Waals surface area contributed by atoms with Gasteiger partial charge in [0.2, 0.25) is 0 Å². The molecule has 1 unspecified atom stereocenters. The maximum atomic E-state index is 13.2. The van der Waals surface area contributed by atoms with Crippen molar-refractivity contribution in [1.29, 1.82) is 0 Å². The lowest BCUT2D eigenvalue weighted by Crippen LogP contribution is -2.16. The zero-order valence-corrected chi connectivity index (χ0v) is 10.6. The summed E-state index contributed by atoms with van der Waals surface area (Å²) in [5, 5.41) is 0. The van der Waals surface area contributed by atoms with Crippen LogP contribution < -0.4 is 5.73 Å². The van der Waals surface area contributed by atoms with Gasteiger partial charge in [-0.3, -0.25) is 0 Å². The largest absolute Gasteiger partial charge is 0.328 e. The van der Waals surface area contributed by atoms with Crippen molar-refractivity contribution in [2.45, 2.75) is 25.8 Å². The smallest absolute Gasteiger partial charge is 0.159 e. The van der Waals surface area contributed by atoms with Crippen LogP contribution in [0.15, 0.2) is 30.5 Å². The lowest BCUT2D eigenvalue weighted by Gasteiger charge is -2.06. The number of halogens is 2. The molecule has 100 valence electrons. The van der Waals surface area contributed by atoms with Crippen LogP contribution in [0.2, 0.25) is 0 Å². The molecule has 1 aromatic carbocycles. The molecule has 1 heterocycles. The van der Waals surface area contributed by atoms with Crippen molar-refractivity contribution in [3.63, 3.8) is 0 Å². The van der Waals surface area contributed by atoms with Crippen molar-refractivity contribution in [3.8, 4) is 11.3 Å². The Bertz CT molecular complexity index is 570. The van der Waals surface area contributed by atoms with E-state index < -0.39 is 11.6 Å². The standard InChI is InChI=1S/C14H15F2N3/c1-9(17)2-5-14-18-7-6-13(19-14)10-3-4-11(15)12(16)8-10/h3-4,6-9H,2,5,17H2,1H3. The summed E-state index contributed by atoms with van der Waals surface area (Å²) in [5.74, 6) is -1.09. The highest BCUT2D eigenvalue weighted by Gasteiger charge is 2.07. The average Bonchev–Trinajstić information content (AvgIpc) is 2.40. The van der Waals surface area contributed by atoms with Crippen LogP contribution in [0.4, 0.5) is 8.78 Å². The predicted molar refractivity (Wildman–Crippen MR) is 69.4 cm³/mol. The van der Waals surface area contributed by atoms with Crippen molar-refractivity contribution in [2.75, 3.05) is 0 Å². The van der Waals surface area contributed by atoms with Gasteiger partial charge in [-0.1, -0.05) is 0 Å². The van der Waals surface area contributed by atoms with Crippen molar-refractivity contribution in [1.82, 2.24) is 9.97 Å². The predicted octanol–water partition coefficient (Wildman–Crippen LogP) is 2.70. The topological polar surface area (TPSA) is 51.8 Å². The van der Waals surface area contributed by atoms with Crippen LogP contribution in [0.5, 0.6) is 0 Å². The quantitative estimate of drug-likeness (QED) is 0.922. The lowest BCUT2D eigenvalue weighted by molar-refractivity contribution is 0.509. The molecule has 1 aromatic heterocycles. The van der Waals surface area contributed by atoms with Gasteiger partial charge in [0.05, 0.1) is 5.69 Å². The molecule has 5 heteroatoms. The van der Waals surface area contributed by atoms with E-state index in [4.69, 9.17) is 5.73 Å². The number of rotatable bonds is 4. The minimum atomic E-state index is -0.881. The summed E-state index contributed by atoms with van der Waals surface area (Å²) in [4.78, 5) is 8.47. The number of aryl methyl sites for hydroxylation is 1. The monoisotopic (exact) mass is 263 g/mol. The van der Waals surface area contributed by atoms with E-state index in [-0.39, 0.29) is 6.04 Å². The second-order valence-corrected chi connectivity index (χ2v) is 4.50. The van der Waals surface area contributed by atoms with Gasteiger partial charge < -0.3 is 5.73 Å². The van der Waals surface area contributed by atoms with Gasteiger partial charge in [-0.15, -0.1) is 0 Å². The maximum Gasteiger partial charge on any atom is 0.159 e. The van der Waals surface area contributed by atoms with E-state index in [9.17, 15) is 8.78 Å². The zero-order chi connectivity index (χ0) is 13.8. The van der Waals surface area contributed by atoms with E-state index in [0.717, 1.165) is 18.6 Å². The van der Waals surface area contributed by atoms with Crippen molar-refractivity contribution < 1.29 is 8.78 Å². The number of benzene rings is 1. The van der Waals surface area contributed by atoms with Gasteiger partial charge in [0.25, 0.3) is 0 Å². The Morgan fingerprint density at radius 2 is 2.00 bits per heavy atom. The summed E-state index contributed by atoms with van der Waals surface area (Å²) < 4.78 is 26.1. The third kappa shape index (κ3) is 3.54. The highest BCUT2D eigenvalue weighted by molar-refractivity contribution is 5.58. The number of nitrogens with zero attached hydrogens (tertiary/aromatic N) is 2. The highest BCUT2D eigenvalue weighted by Crippen LogP contribution is 2.19. The van der Waals surface area contributed by atoms with Gasteiger partial charge in [-0.25, -0.2) is 18.7 Å². The third-order valence-electron chi connectivity index (χ3n) is 2.74. The first kappa shape index (κ1) is 13.5. The third-order valence-corrected chi connectivity index (χ3v) is 2.74. The number of hydrogen-bond donors (Lipinski definition) is 1. The zero-order valence-electron chi connectivity index (χ0n) is 10.6. The number of aromatic nitrogens is 2. The molecule has 0 saturated heterocycles. The Hall–Kier alpha value is -1.88. The van der Waals surface area contributed by atoms with Crippen LogP contribution in [0, 0.1) is 11.6 Å². The highest BCUT2D eigenvalue weighted by atomic mass is 19.2. The molecule has 0 amide bonds. The second kappa shape index (κ2) is 5.84. The molecule has 19 heavy (non-hydrogen) atoms. The van der Waals surface area contributed by atoms with Crippen molar-refractivity contribution >= 4 is 0 Å². The molecule has 2 aromatic rings. The summed E-state index contributed by atoms with van der Waals surface area (Å²) in [6, 6.07) is 5.47. The van der Waals surface area contributed by atoms with E-state index in [1.807, 2.05) is 6.92 Å². The second-order valence-electron chi connectivity index (χ2n) is 4.50. The molecule has 3 nitrogen and oxygen atoms in total. The van der Waals surface area contributed by atoms with Gasteiger partial charge in [-0.05, 0) is 37.6 Å². The Labute approximate surface area is 110 Å². The Morgan fingerprint density at radius 1 is 1.21 bits per heavy atom. The van der Waals surface area contributed by atoms with Crippen LogP contribution in [-0.4, -0.2) is 16.0 Å². The molecule has 2 N–H and O–H groups in total. The SMILES string of the molecule is CC(N)CCc1nccc(-c2ccc(F)c(F)c2)n1. The molecule has 1 atom stereocenters. The summed E-state index contributed by atoms with van der Waals surface area (Å²) in [5.41, 5.74) is 6.79. The number of hydrogen-bond acceptors (Lipinski definition) is 3. The van der Waals surface area contributed by atoms with Gasteiger partial charge in [0.15, 0.2) is 11.6 Å². The normalized spacial score (nSPS) is 12.4. The molecule has 0 spiro atoms. The minimum Gasteiger partial charge on any atom is -0.328 e. The van der Waals surface area contributed by atoms with Crippen LogP contribution >= 0.6 is 0 Å². The van der Waals surface area contributed by atoms with Crippen LogP contribution in [0.1, 0.15) is 19.2 Å². The van der Waals surface area contributed by atoms with E-state index in [1.165, 1.54) is 6.07 Å². The molecule has 0 aliphatic rings. The fourth-order valence-corrected chi connectivity index (χ4v) is 1.69. The fourth-order valence-electron chi connectivity index (χ4n) is 1.69. The first-order valence-electron chi connectivity index (χ1n) is 6.09. The molecule has 0 fully saturated rings. The Kier molecular flexibility index (Phi) is 4.16. The first-order valence-corrected chi connectivity index (χ1v) is 6.09. The van der Waals surface area contributed by atoms with Crippen LogP contribution in [0.25, 0.3) is 11.3 Å². The summed E-state index contributed by atoms with van der Waals surface area (Å²) >= 11 is 0.